The Balaban J connectivity index is 1.17. The van der Waals surface area contributed by atoms with E-state index in [0.29, 0.717) is 17.6 Å². The van der Waals surface area contributed by atoms with E-state index in [1.54, 1.807) is 6.20 Å². The fraction of sp³-hybridized carbons (Fsp3) is 0.333. The van der Waals surface area contributed by atoms with E-state index in [0.717, 1.165) is 24.3 Å². The van der Waals surface area contributed by atoms with Gasteiger partial charge in [-0.2, -0.15) is 0 Å². The average Bonchev–Trinajstić information content (AvgIpc) is 3.40. The van der Waals surface area contributed by atoms with Gasteiger partial charge in [0.15, 0.2) is 5.76 Å². The molecule has 0 atom stereocenters. The first-order valence-electron chi connectivity index (χ1n) is 9.13. The van der Waals surface area contributed by atoms with Gasteiger partial charge >= 0.3 is 0 Å². The molecule has 1 N–H and O–H groups in total. The van der Waals surface area contributed by atoms with Crippen LogP contribution in [0, 0.1) is 0 Å². The minimum absolute atomic E-state index is 0.133. The molecule has 5 rings (SSSR count). The summed E-state index contributed by atoms with van der Waals surface area (Å²) in [4.78, 5) is 4.33. The molecule has 26 heavy (non-hydrogen) atoms. The van der Waals surface area contributed by atoms with Crippen molar-refractivity contribution in [3.05, 3.63) is 59.8 Å². The zero-order valence-electron chi connectivity index (χ0n) is 14.3. The molecule has 2 fully saturated rings. The molecule has 2 heterocycles. The zero-order valence-corrected chi connectivity index (χ0v) is 14.3. The van der Waals surface area contributed by atoms with E-state index in [9.17, 15) is 5.11 Å². The largest absolute Gasteiger partial charge is 0.491 e. The van der Waals surface area contributed by atoms with Gasteiger partial charge in [-0.25, -0.2) is 4.98 Å². The maximum atomic E-state index is 9.24. The molecule has 132 valence electrons. The Hall–Kier alpha value is -2.82. The van der Waals surface area contributed by atoms with E-state index in [2.05, 4.69) is 34.4 Å². The van der Waals surface area contributed by atoms with E-state index in [1.165, 1.54) is 30.0 Å². The van der Waals surface area contributed by atoms with E-state index < -0.39 is 0 Å². The number of hydrogen-bond donors (Lipinski definition) is 1. The second kappa shape index (κ2) is 6.16. The maximum absolute atomic E-state index is 9.24. The van der Waals surface area contributed by atoms with Crippen LogP contribution in [0.15, 0.2) is 53.2 Å². The molecule has 0 bridgehead atoms. The van der Waals surface area contributed by atoms with Crippen LogP contribution in [-0.2, 0) is 0 Å². The molecule has 3 aromatic rings. The third kappa shape index (κ3) is 3.05. The number of rotatable bonds is 5. The summed E-state index contributed by atoms with van der Waals surface area (Å²) in [6, 6.07) is 14.3. The van der Waals surface area contributed by atoms with Crippen molar-refractivity contribution in [2.75, 3.05) is 0 Å². The van der Waals surface area contributed by atoms with Gasteiger partial charge in [-0.1, -0.05) is 24.3 Å². The minimum atomic E-state index is -0.133. The van der Waals surface area contributed by atoms with Crippen LogP contribution in [-0.4, -0.2) is 21.4 Å². The Bertz CT molecular complexity index is 892. The molecule has 1 aromatic carbocycles. The summed E-state index contributed by atoms with van der Waals surface area (Å²) in [6.07, 6.45) is 6.65. The van der Waals surface area contributed by atoms with Crippen LogP contribution in [0.25, 0.3) is 11.3 Å². The molecule has 0 aliphatic heterocycles. The van der Waals surface area contributed by atoms with E-state index in [4.69, 9.17) is 9.26 Å². The molecule has 0 spiro atoms. The van der Waals surface area contributed by atoms with Gasteiger partial charge < -0.3 is 14.4 Å². The van der Waals surface area contributed by atoms with Gasteiger partial charge in [0.05, 0.1) is 0 Å². The van der Waals surface area contributed by atoms with Gasteiger partial charge in [0.25, 0.3) is 5.88 Å². The Morgan fingerprint density at radius 1 is 0.962 bits per heavy atom. The van der Waals surface area contributed by atoms with Crippen LogP contribution in [0.1, 0.15) is 48.6 Å². The summed E-state index contributed by atoms with van der Waals surface area (Å²) in [5.74, 6) is 2.37. The number of ether oxygens (including phenoxy) is 1. The highest BCUT2D eigenvalue weighted by atomic mass is 16.5. The average molecular weight is 348 g/mol. The topological polar surface area (TPSA) is 68.4 Å². The lowest BCUT2D eigenvalue weighted by molar-refractivity contribution is 0.0936. The fourth-order valence-corrected chi connectivity index (χ4v) is 3.56. The van der Waals surface area contributed by atoms with Gasteiger partial charge in [-0.05, 0) is 59.9 Å². The van der Waals surface area contributed by atoms with Crippen molar-refractivity contribution in [1.29, 1.82) is 0 Å². The lowest BCUT2D eigenvalue weighted by Gasteiger charge is -2.35. The monoisotopic (exact) mass is 348 g/mol. The Kier molecular flexibility index (Phi) is 3.66. The van der Waals surface area contributed by atoms with Gasteiger partial charge in [-0.15, -0.1) is 0 Å². The predicted octanol–water partition coefficient (Wildman–Crippen LogP) is 4.64. The number of nitrogens with zero attached hydrogens (tertiary/aromatic N) is 2. The number of benzene rings is 1. The summed E-state index contributed by atoms with van der Waals surface area (Å²) in [5, 5.41) is 12.7. The molecular weight excluding hydrogens is 328 g/mol. The molecule has 0 unspecified atom stereocenters. The van der Waals surface area contributed by atoms with Gasteiger partial charge in [0, 0.05) is 23.9 Å². The van der Waals surface area contributed by atoms with Crippen molar-refractivity contribution in [3.8, 4) is 23.1 Å². The van der Waals surface area contributed by atoms with Gasteiger partial charge in [0.2, 0.25) is 5.88 Å². The highest BCUT2D eigenvalue weighted by Gasteiger charge is 2.32. The number of pyridine rings is 1. The van der Waals surface area contributed by atoms with Crippen molar-refractivity contribution in [1.82, 2.24) is 10.1 Å². The summed E-state index contributed by atoms with van der Waals surface area (Å²) >= 11 is 0. The quantitative estimate of drug-likeness (QED) is 0.727. The highest BCUT2D eigenvalue weighted by Crippen LogP contribution is 2.42. The Labute approximate surface area is 151 Å². The first kappa shape index (κ1) is 15.4. The van der Waals surface area contributed by atoms with Crippen molar-refractivity contribution in [3.63, 3.8) is 0 Å². The molecule has 5 nitrogen and oxygen atoms in total. The molecule has 2 saturated carbocycles. The molecular formula is C21H20N2O3. The first-order valence-corrected chi connectivity index (χ1v) is 9.13. The highest BCUT2D eigenvalue weighted by molar-refractivity contribution is 5.57. The second-order valence-corrected chi connectivity index (χ2v) is 7.28. The van der Waals surface area contributed by atoms with Crippen LogP contribution >= 0.6 is 0 Å². The Morgan fingerprint density at radius 2 is 1.69 bits per heavy atom. The summed E-state index contributed by atoms with van der Waals surface area (Å²) in [5.41, 5.74) is 3.67. The maximum Gasteiger partial charge on any atom is 0.252 e. The van der Waals surface area contributed by atoms with Crippen LogP contribution in [0.2, 0.25) is 0 Å². The summed E-state index contributed by atoms with van der Waals surface area (Å²) in [6.45, 7) is 0. The Morgan fingerprint density at radius 3 is 2.27 bits per heavy atom. The third-order valence-corrected chi connectivity index (χ3v) is 5.36. The standard InChI is InChI=1S/C21H20N2O3/c24-20-11-19(26-23-20)16-7-8-21(22-12-16)25-18-9-17(10-18)15-5-3-14(4-6-15)13-1-2-13/h3-8,11-13,17-18H,1-2,9-10H2,(H,23,24). The van der Waals surface area contributed by atoms with Gasteiger partial charge in [0.1, 0.15) is 6.10 Å². The SMILES string of the molecule is Oc1cc(-c2ccc(OC3CC(c4ccc(C5CC5)cc4)C3)nc2)on1. The van der Waals surface area contributed by atoms with Crippen molar-refractivity contribution >= 4 is 0 Å². The van der Waals surface area contributed by atoms with E-state index >= 15 is 0 Å². The van der Waals surface area contributed by atoms with Crippen LogP contribution in [0.5, 0.6) is 11.8 Å². The molecule has 0 amide bonds. The van der Waals surface area contributed by atoms with Crippen molar-refractivity contribution in [2.24, 2.45) is 0 Å². The number of hydrogen-bond acceptors (Lipinski definition) is 5. The molecule has 0 radical (unpaired) electrons. The van der Waals surface area contributed by atoms with Crippen molar-refractivity contribution < 1.29 is 14.4 Å². The summed E-state index contributed by atoms with van der Waals surface area (Å²) in [7, 11) is 0. The molecule has 0 saturated heterocycles. The molecule has 2 aromatic heterocycles. The third-order valence-electron chi connectivity index (χ3n) is 5.36. The van der Waals surface area contributed by atoms with Gasteiger partial charge in [-0.3, -0.25) is 0 Å². The molecule has 5 heteroatoms. The zero-order chi connectivity index (χ0) is 17.5. The van der Waals surface area contributed by atoms with Crippen LogP contribution in [0.3, 0.4) is 0 Å². The van der Waals surface area contributed by atoms with E-state index in [-0.39, 0.29) is 12.0 Å². The van der Waals surface area contributed by atoms with E-state index in [1.807, 2.05) is 12.1 Å². The van der Waals surface area contributed by atoms with Crippen LogP contribution in [0.4, 0.5) is 0 Å². The lowest BCUT2D eigenvalue weighted by atomic mass is 9.77. The second-order valence-electron chi connectivity index (χ2n) is 7.28. The van der Waals surface area contributed by atoms with Crippen LogP contribution < -0.4 is 4.74 Å². The predicted molar refractivity (Wildman–Crippen MR) is 96.2 cm³/mol. The number of aromatic nitrogens is 2. The lowest BCUT2D eigenvalue weighted by Crippen LogP contribution is -2.32. The normalized spacial score (nSPS) is 22.0. The molecule has 2 aliphatic carbocycles. The fourth-order valence-electron chi connectivity index (χ4n) is 3.56. The first-order chi connectivity index (χ1) is 12.7. The number of aromatic hydroxyl groups is 1. The minimum Gasteiger partial charge on any atom is -0.491 e. The summed E-state index contributed by atoms with van der Waals surface area (Å²) < 4.78 is 11.0. The molecule has 2 aliphatic rings. The smallest absolute Gasteiger partial charge is 0.252 e. The van der Waals surface area contributed by atoms with Crippen molar-refractivity contribution in [2.45, 2.75) is 43.6 Å².